The Hall–Kier alpha value is -2.77. The number of benzene rings is 2. The Bertz CT molecular complexity index is 959. The van der Waals surface area contributed by atoms with Gasteiger partial charge in [0.25, 0.3) is 0 Å². The van der Waals surface area contributed by atoms with E-state index >= 15 is 0 Å². The van der Waals surface area contributed by atoms with Gasteiger partial charge in [-0.25, -0.2) is 4.39 Å². The Morgan fingerprint density at radius 1 is 1.21 bits per heavy atom. The summed E-state index contributed by atoms with van der Waals surface area (Å²) in [6.07, 6.45) is 0.534. The highest BCUT2D eigenvalue weighted by molar-refractivity contribution is 6.31. The van der Waals surface area contributed by atoms with Gasteiger partial charge in [0, 0.05) is 30.0 Å². The van der Waals surface area contributed by atoms with E-state index in [4.69, 9.17) is 16.1 Å². The number of carbonyl (C=O) groups is 1. The molecule has 0 bridgehead atoms. The molecule has 8 heteroatoms. The van der Waals surface area contributed by atoms with Crippen LogP contribution < -0.4 is 5.32 Å². The van der Waals surface area contributed by atoms with Gasteiger partial charge in [-0.15, -0.1) is 0 Å². The Balaban J connectivity index is 1.53. The van der Waals surface area contributed by atoms with E-state index in [-0.39, 0.29) is 24.2 Å². The average molecular weight is 417 g/mol. The number of nitrogens with zero attached hydrogens (tertiary/aromatic N) is 3. The van der Waals surface area contributed by atoms with Crippen molar-refractivity contribution in [1.82, 2.24) is 20.4 Å². The lowest BCUT2D eigenvalue weighted by atomic mass is 10.1. The maximum Gasteiger partial charge on any atom is 0.227 e. The normalized spacial score (nSPS) is 12.2. The minimum absolute atomic E-state index is 0.0406. The fourth-order valence-electron chi connectivity index (χ4n) is 2.91. The monoisotopic (exact) mass is 416 g/mol. The molecule has 152 valence electrons. The van der Waals surface area contributed by atoms with Gasteiger partial charge in [-0.3, -0.25) is 4.79 Å². The molecule has 1 amide bonds. The summed E-state index contributed by atoms with van der Waals surface area (Å²) in [4.78, 5) is 18.5. The summed E-state index contributed by atoms with van der Waals surface area (Å²) < 4.78 is 18.2. The molecule has 1 atom stereocenters. The van der Waals surface area contributed by atoms with E-state index in [2.05, 4.69) is 15.5 Å². The van der Waals surface area contributed by atoms with Crippen molar-refractivity contribution in [1.29, 1.82) is 0 Å². The third kappa shape index (κ3) is 5.62. The molecule has 0 radical (unpaired) electrons. The van der Waals surface area contributed by atoms with E-state index < -0.39 is 0 Å². The molecule has 0 saturated carbocycles. The Morgan fingerprint density at radius 2 is 1.93 bits per heavy atom. The molecule has 0 fully saturated rings. The highest BCUT2D eigenvalue weighted by Gasteiger charge is 2.18. The lowest BCUT2D eigenvalue weighted by molar-refractivity contribution is -0.121. The van der Waals surface area contributed by atoms with Gasteiger partial charge >= 0.3 is 0 Å². The Labute approximate surface area is 173 Å². The first kappa shape index (κ1) is 21.0. The average Bonchev–Trinajstić information content (AvgIpc) is 3.17. The van der Waals surface area contributed by atoms with E-state index in [1.165, 1.54) is 12.1 Å². The van der Waals surface area contributed by atoms with Crippen molar-refractivity contribution < 1.29 is 13.7 Å². The zero-order chi connectivity index (χ0) is 20.8. The highest BCUT2D eigenvalue weighted by Crippen LogP contribution is 2.25. The van der Waals surface area contributed by atoms with Gasteiger partial charge in [-0.2, -0.15) is 4.98 Å². The molecule has 2 aromatic carbocycles. The molecular weight excluding hydrogens is 395 g/mol. The van der Waals surface area contributed by atoms with E-state index in [9.17, 15) is 9.18 Å². The minimum atomic E-state index is -0.332. The minimum Gasteiger partial charge on any atom is -0.354 e. The van der Waals surface area contributed by atoms with Gasteiger partial charge in [0.15, 0.2) is 0 Å². The third-order valence-electron chi connectivity index (χ3n) is 4.52. The van der Waals surface area contributed by atoms with Gasteiger partial charge in [0.05, 0.1) is 6.04 Å². The smallest absolute Gasteiger partial charge is 0.227 e. The fourth-order valence-corrected chi connectivity index (χ4v) is 3.17. The summed E-state index contributed by atoms with van der Waals surface area (Å²) in [5.74, 6) is 0.272. The summed E-state index contributed by atoms with van der Waals surface area (Å²) >= 11 is 6.29. The van der Waals surface area contributed by atoms with Crippen molar-refractivity contribution >= 4 is 17.5 Å². The molecule has 6 nitrogen and oxygen atoms in total. The van der Waals surface area contributed by atoms with Gasteiger partial charge in [-0.1, -0.05) is 35.0 Å². The van der Waals surface area contributed by atoms with E-state index in [1.807, 2.05) is 43.3 Å². The van der Waals surface area contributed by atoms with Crippen LogP contribution in [0.15, 0.2) is 53.1 Å². The van der Waals surface area contributed by atoms with E-state index in [0.717, 1.165) is 5.56 Å². The van der Waals surface area contributed by atoms with Crippen molar-refractivity contribution in [2.24, 2.45) is 0 Å². The first-order valence-electron chi connectivity index (χ1n) is 9.20. The van der Waals surface area contributed by atoms with Crippen molar-refractivity contribution in [2.75, 3.05) is 20.6 Å². The van der Waals surface area contributed by atoms with Gasteiger partial charge < -0.3 is 14.7 Å². The molecule has 1 unspecified atom stereocenters. The molecule has 0 aliphatic heterocycles. The van der Waals surface area contributed by atoms with E-state index in [0.29, 0.717) is 35.3 Å². The second-order valence-corrected chi connectivity index (χ2v) is 7.23. The second kappa shape index (κ2) is 9.62. The van der Waals surface area contributed by atoms with Crippen molar-refractivity contribution in [3.8, 4) is 11.4 Å². The standard InChI is InChI=1S/C21H22ClFN4O2/c1-27(2)18(16-5-3-4-6-17(16)22)13-24-19(28)11-12-20-25-21(26-29-20)14-7-9-15(23)10-8-14/h3-10,18H,11-13H2,1-2H3,(H,24,28). The maximum absolute atomic E-state index is 13.0. The Morgan fingerprint density at radius 3 is 2.62 bits per heavy atom. The lowest BCUT2D eigenvalue weighted by Gasteiger charge is -2.26. The maximum atomic E-state index is 13.0. The predicted octanol–water partition coefficient (Wildman–Crippen LogP) is 3.88. The van der Waals surface area contributed by atoms with Crippen LogP contribution in [-0.4, -0.2) is 41.6 Å². The first-order chi connectivity index (χ1) is 13.9. The molecule has 1 N–H and O–H groups in total. The van der Waals surface area contributed by atoms with Crippen molar-refractivity contribution in [2.45, 2.75) is 18.9 Å². The van der Waals surface area contributed by atoms with Crippen LogP contribution in [0.3, 0.4) is 0 Å². The molecule has 29 heavy (non-hydrogen) atoms. The first-order valence-corrected chi connectivity index (χ1v) is 9.58. The largest absolute Gasteiger partial charge is 0.354 e. The number of nitrogens with one attached hydrogen (secondary N) is 1. The van der Waals surface area contributed by atoms with Crippen molar-refractivity contribution in [3.63, 3.8) is 0 Å². The number of aryl methyl sites for hydroxylation is 1. The number of aromatic nitrogens is 2. The Kier molecular flexibility index (Phi) is 6.95. The van der Waals surface area contributed by atoms with Gasteiger partial charge in [0.1, 0.15) is 5.82 Å². The molecule has 1 heterocycles. The number of rotatable bonds is 8. The zero-order valence-electron chi connectivity index (χ0n) is 16.2. The quantitative estimate of drug-likeness (QED) is 0.603. The van der Waals surface area contributed by atoms with Crippen LogP contribution >= 0.6 is 11.6 Å². The van der Waals surface area contributed by atoms with Crippen LogP contribution in [-0.2, 0) is 11.2 Å². The highest BCUT2D eigenvalue weighted by atomic mass is 35.5. The molecule has 0 aliphatic carbocycles. The number of amides is 1. The number of hydrogen-bond acceptors (Lipinski definition) is 5. The van der Waals surface area contributed by atoms with Crippen LogP contribution in [0.25, 0.3) is 11.4 Å². The molecule has 0 spiro atoms. The molecule has 3 rings (SSSR count). The zero-order valence-corrected chi connectivity index (χ0v) is 17.0. The van der Waals surface area contributed by atoms with Crippen LogP contribution in [0.5, 0.6) is 0 Å². The summed E-state index contributed by atoms with van der Waals surface area (Å²) in [6, 6.07) is 13.4. The number of hydrogen-bond donors (Lipinski definition) is 1. The van der Waals surface area contributed by atoms with Crippen LogP contribution in [0, 0.1) is 5.82 Å². The molecule has 0 saturated heterocycles. The number of halogens is 2. The van der Waals surface area contributed by atoms with Gasteiger partial charge in [0.2, 0.25) is 17.6 Å². The summed E-state index contributed by atoms with van der Waals surface area (Å²) in [5, 5.41) is 7.48. The molecule has 1 aromatic heterocycles. The summed E-state index contributed by atoms with van der Waals surface area (Å²) in [7, 11) is 3.88. The molecule has 0 aliphatic rings. The second-order valence-electron chi connectivity index (χ2n) is 6.82. The van der Waals surface area contributed by atoms with Gasteiger partial charge in [-0.05, 0) is 50.0 Å². The number of carbonyl (C=O) groups excluding carboxylic acids is 1. The van der Waals surface area contributed by atoms with Crippen LogP contribution in [0.4, 0.5) is 4.39 Å². The summed E-state index contributed by atoms with van der Waals surface area (Å²) in [6.45, 7) is 0.431. The van der Waals surface area contributed by atoms with E-state index in [1.54, 1.807) is 12.1 Å². The van der Waals surface area contributed by atoms with Crippen LogP contribution in [0.1, 0.15) is 23.9 Å². The molecule has 3 aromatic rings. The third-order valence-corrected chi connectivity index (χ3v) is 4.86. The summed E-state index contributed by atoms with van der Waals surface area (Å²) in [5.41, 5.74) is 1.61. The van der Waals surface area contributed by atoms with Crippen molar-refractivity contribution in [3.05, 3.63) is 70.8 Å². The number of likely N-dealkylation sites (N-methyl/N-ethyl adjacent to an activating group) is 1. The lowest BCUT2D eigenvalue weighted by Crippen LogP contribution is -2.34. The topological polar surface area (TPSA) is 71.3 Å². The molecular formula is C21H22ClFN4O2. The SMILES string of the molecule is CN(C)C(CNC(=O)CCc1nc(-c2ccc(F)cc2)no1)c1ccccc1Cl. The van der Waals surface area contributed by atoms with Crippen LogP contribution in [0.2, 0.25) is 5.02 Å². The predicted molar refractivity (Wildman–Crippen MR) is 109 cm³/mol. The fraction of sp³-hybridized carbons (Fsp3) is 0.286.